The highest BCUT2D eigenvalue weighted by Crippen LogP contribution is 2.18. The molecule has 0 amide bonds. The molecule has 4 nitrogen and oxygen atoms in total. The van der Waals surface area contributed by atoms with Crippen molar-refractivity contribution in [1.82, 2.24) is 4.72 Å². The van der Waals surface area contributed by atoms with Gasteiger partial charge in [0.25, 0.3) is 0 Å². The molecule has 1 atom stereocenters. The van der Waals surface area contributed by atoms with E-state index in [1.54, 1.807) is 25.1 Å². The number of nitrogens with one attached hydrogen (secondary N) is 1. The summed E-state index contributed by atoms with van der Waals surface area (Å²) < 4.78 is 26.7. The number of fused-ring (bicyclic) bond motifs is 1. The van der Waals surface area contributed by atoms with Crippen LogP contribution in [0.15, 0.2) is 47.4 Å². The Morgan fingerprint density at radius 2 is 1.83 bits per heavy atom. The molecular weight excluding hydrogens is 248 g/mol. The zero-order chi connectivity index (χ0) is 13.2. The fourth-order valence-electron chi connectivity index (χ4n) is 1.72. The highest BCUT2D eigenvalue weighted by Gasteiger charge is 2.16. The Bertz CT molecular complexity index is 653. The molecule has 0 fully saturated rings. The Hall–Kier alpha value is -1.43. The maximum atomic E-state index is 12.1. The lowest BCUT2D eigenvalue weighted by atomic mass is 10.1. The van der Waals surface area contributed by atoms with Crippen molar-refractivity contribution in [2.75, 3.05) is 6.54 Å². The van der Waals surface area contributed by atoms with Crippen molar-refractivity contribution in [3.05, 3.63) is 42.5 Å². The summed E-state index contributed by atoms with van der Waals surface area (Å²) in [4.78, 5) is 0.265. The molecule has 0 saturated heterocycles. The second-order valence-electron chi connectivity index (χ2n) is 4.27. The smallest absolute Gasteiger partial charge is 0.240 e. The number of sulfonamides is 1. The van der Waals surface area contributed by atoms with Gasteiger partial charge >= 0.3 is 0 Å². The third kappa shape index (κ3) is 2.69. The van der Waals surface area contributed by atoms with Crippen molar-refractivity contribution in [3.63, 3.8) is 0 Å². The fourth-order valence-corrected chi connectivity index (χ4v) is 3.01. The first-order valence-electron chi connectivity index (χ1n) is 5.74. The molecule has 0 radical (unpaired) electrons. The average Bonchev–Trinajstić information content (AvgIpc) is 2.37. The van der Waals surface area contributed by atoms with Crippen LogP contribution in [0.3, 0.4) is 0 Å². The van der Waals surface area contributed by atoms with E-state index in [1.807, 2.05) is 24.3 Å². The molecule has 0 aliphatic heterocycles. The lowest BCUT2D eigenvalue weighted by Crippen LogP contribution is -2.37. The van der Waals surface area contributed by atoms with Crippen LogP contribution in [-0.4, -0.2) is 21.0 Å². The summed E-state index contributed by atoms with van der Waals surface area (Å²) in [7, 11) is -3.49. The van der Waals surface area contributed by atoms with Gasteiger partial charge in [0, 0.05) is 12.6 Å². The summed E-state index contributed by atoms with van der Waals surface area (Å²) in [6.45, 7) is 2.01. The van der Waals surface area contributed by atoms with Crippen LogP contribution in [0.4, 0.5) is 0 Å². The van der Waals surface area contributed by atoms with Crippen LogP contribution in [0.1, 0.15) is 6.92 Å². The molecule has 96 valence electrons. The molecule has 2 rings (SSSR count). The van der Waals surface area contributed by atoms with Gasteiger partial charge in [-0.05, 0) is 29.8 Å². The fraction of sp³-hybridized carbons (Fsp3) is 0.231. The van der Waals surface area contributed by atoms with Crippen LogP contribution in [0.25, 0.3) is 10.8 Å². The molecule has 0 saturated carbocycles. The monoisotopic (exact) mass is 264 g/mol. The molecule has 3 N–H and O–H groups in total. The van der Waals surface area contributed by atoms with E-state index >= 15 is 0 Å². The SMILES string of the molecule is CC(CN)NS(=O)(=O)c1ccc2ccccc2c1. The molecule has 2 aromatic carbocycles. The third-order valence-electron chi connectivity index (χ3n) is 2.74. The van der Waals surface area contributed by atoms with E-state index in [0.717, 1.165) is 10.8 Å². The normalized spacial score (nSPS) is 13.7. The highest BCUT2D eigenvalue weighted by molar-refractivity contribution is 7.89. The van der Waals surface area contributed by atoms with Gasteiger partial charge in [0.1, 0.15) is 0 Å². The quantitative estimate of drug-likeness (QED) is 0.878. The Balaban J connectivity index is 2.41. The van der Waals surface area contributed by atoms with E-state index in [-0.39, 0.29) is 17.5 Å². The van der Waals surface area contributed by atoms with Gasteiger partial charge in [-0.1, -0.05) is 30.3 Å². The number of hydrogen-bond donors (Lipinski definition) is 2. The largest absolute Gasteiger partial charge is 0.329 e. The zero-order valence-electron chi connectivity index (χ0n) is 10.1. The Kier molecular flexibility index (Phi) is 3.65. The zero-order valence-corrected chi connectivity index (χ0v) is 10.9. The number of rotatable bonds is 4. The van der Waals surface area contributed by atoms with Crippen molar-refractivity contribution in [2.45, 2.75) is 17.9 Å². The average molecular weight is 264 g/mol. The van der Waals surface area contributed by atoms with Gasteiger partial charge in [-0.2, -0.15) is 0 Å². The Morgan fingerprint density at radius 1 is 1.17 bits per heavy atom. The van der Waals surface area contributed by atoms with Crippen molar-refractivity contribution in [2.24, 2.45) is 5.73 Å². The van der Waals surface area contributed by atoms with Gasteiger partial charge < -0.3 is 5.73 Å². The van der Waals surface area contributed by atoms with Crippen LogP contribution in [0.5, 0.6) is 0 Å². The van der Waals surface area contributed by atoms with Crippen LogP contribution < -0.4 is 10.5 Å². The first kappa shape index (κ1) is 13.0. The molecule has 0 aromatic heterocycles. The van der Waals surface area contributed by atoms with Crippen LogP contribution in [-0.2, 0) is 10.0 Å². The van der Waals surface area contributed by atoms with Crippen molar-refractivity contribution < 1.29 is 8.42 Å². The van der Waals surface area contributed by atoms with Crippen LogP contribution >= 0.6 is 0 Å². The molecule has 0 bridgehead atoms. The van der Waals surface area contributed by atoms with Crippen LogP contribution in [0.2, 0.25) is 0 Å². The second-order valence-corrected chi connectivity index (χ2v) is 5.98. The summed E-state index contributed by atoms with van der Waals surface area (Å²) in [5, 5.41) is 1.92. The lowest BCUT2D eigenvalue weighted by molar-refractivity contribution is 0.563. The second kappa shape index (κ2) is 5.06. The van der Waals surface area contributed by atoms with Crippen molar-refractivity contribution >= 4 is 20.8 Å². The summed E-state index contributed by atoms with van der Waals surface area (Å²) in [5.74, 6) is 0. The molecule has 5 heteroatoms. The molecule has 0 spiro atoms. The number of benzene rings is 2. The Labute approximate surface area is 107 Å². The van der Waals surface area contributed by atoms with Gasteiger partial charge in [-0.15, -0.1) is 0 Å². The summed E-state index contributed by atoms with van der Waals surface area (Å²) in [5.41, 5.74) is 5.42. The first-order valence-corrected chi connectivity index (χ1v) is 7.22. The van der Waals surface area contributed by atoms with Gasteiger partial charge in [0.15, 0.2) is 0 Å². The van der Waals surface area contributed by atoms with E-state index in [2.05, 4.69) is 4.72 Å². The summed E-state index contributed by atoms with van der Waals surface area (Å²) in [6, 6.07) is 12.4. The van der Waals surface area contributed by atoms with Crippen molar-refractivity contribution in [3.8, 4) is 0 Å². The lowest BCUT2D eigenvalue weighted by Gasteiger charge is -2.12. The maximum absolute atomic E-state index is 12.1. The minimum atomic E-state index is -3.49. The highest BCUT2D eigenvalue weighted by atomic mass is 32.2. The maximum Gasteiger partial charge on any atom is 0.240 e. The molecule has 0 aliphatic rings. The van der Waals surface area contributed by atoms with E-state index in [0.29, 0.717) is 0 Å². The van der Waals surface area contributed by atoms with Gasteiger partial charge in [0.2, 0.25) is 10.0 Å². The third-order valence-corrected chi connectivity index (χ3v) is 4.33. The summed E-state index contributed by atoms with van der Waals surface area (Å²) >= 11 is 0. The van der Waals surface area contributed by atoms with Crippen LogP contribution in [0, 0.1) is 0 Å². The van der Waals surface area contributed by atoms with E-state index in [9.17, 15) is 8.42 Å². The minimum Gasteiger partial charge on any atom is -0.329 e. The standard InChI is InChI=1S/C13H16N2O2S/c1-10(9-14)15-18(16,17)13-7-6-11-4-2-3-5-12(11)8-13/h2-8,10,15H,9,14H2,1H3. The predicted octanol–water partition coefficient (Wildman–Crippen LogP) is 1.47. The molecule has 0 heterocycles. The van der Waals surface area contributed by atoms with E-state index in [1.165, 1.54) is 0 Å². The molecule has 18 heavy (non-hydrogen) atoms. The summed E-state index contributed by atoms with van der Waals surface area (Å²) in [6.07, 6.45) is 0. The molecule has 2 aromatic rings. The predicted molar refractivity (Wildman–Crippen MR) is 72.8 cm³/mol. The van der Waals surface area contributed by atoms with E-state index < -0.39 is 10.0 Å². The number of hydrogen-bond acceptors (Lipinski definition) is 3. The topological polar surface area (TPSA) is 72.2 Å². The Morgan fingerprint density at radius 3 is 2.50 bits per heavy atom. The first-order chi connectivity index (χ1) is 8.53. The van der Waals surface area contributed by atoms with Gasteiger partial charge in [-0.3, -0.25) is 0 Å². The minimum absolute atomic E-state index is 0.265. The molecule has 1 unspecified atom stereocenters. The number of nitrogens with two attached hydrogens (primary N) is 1. The van der Waals surface area contributed by atoms with E-state index in [4.69, 9.17) is 5.73 Å². The molecular formula is C13H16N2O2S. The van der Waals surface area contributed by atoms with Crippen molar-refractivity contribution in [1.29, 1.82) is 0 Å². The molecule has 0 aliphatic carbocycles. The van der Waals surface area contributed by atoms with Gasteiger partial charge in [-0.25, -0.2) is 13.1 Å². The van der Waals surface area contributed by atoms with Gasteiger partial charge in [0.05, 0.1) is 4.90 Å².